The van der Waals surface area contributed by atoms with Crippen LogP contribution in [0.25, 0.3) is 11.1 Å². The fraction of sp³-hybridized carbons (Fsp3) is 0.0909. The standard InChI is InChI=1S/C22H18N2O4/c1-27-20-12-14(8-10-16(20)22(26)28-2)13-7-9-15-19(11-13)23-17-5-3-4-6-18(17)24-21(15)25/h3-12,23H,1-2H3,(H,24,25). The quantitative estimate of drug-likeness (QED) is 0.662. The lowest BCUT2D eigenvalue weighted by Gasteiger charge is -2.12. The van der Waals surface area contributed by atoms with Crippen LogP contribution in [-0.4, -0.2) is 26.1 Å². The lowest BCUT2D eigenvalue weighted by atomic mass is 10.00. The van der Waals surface area contributed by atoms with Gasteiger partial charge >= 0.3 is 5.97 Å². The second-order valence-electron chi connectivity index (χ2n) is 6.29. The Bertz CT molecular complexity index is 1090. The number of hydrogen-bond donors (Lipinski definition) is 2. The van der Waals surface area contributed by atoms with E-state index in [4.69, 9.17) is 9.47 Å². The van der Waals surface area contributed by atoms with Gasteiger partial charge in [-0.05, 0) is 47.5 Å². The number of methoxy groups -OCH3 is 2. The number of para-hydroxylation sites is 2. The Morgan fingerprint density at radius 1 is 0.821 bits per heavy atom. The molecule has 6 heteroatoms. The van der Waals surface area contributed by atoms with Gasteiger partial charge in [-0.25, -0.2) is 4.79 Å². The summed E-state index contributed by atoms with van der Waals surface area (Å²) in [6, 6.07) is 18.3. The Kier molecular flexibility index (Phi) is 4.45. The molecule has 0 radical (unpaired) electrons. The second-order valence-corrected chi connectivity index (χ2v) is 6.29. The molecule has 0 aliphatic carbocycles. The maximum absolute atomic E-state index is 12.5. The smallest absolute Gasteiger partial charge is 0.341 e. The highest BCUT2D eigenvalue weighted by molar-refractivity contribution is 6.12. The monoisotopic (exact) mass is 374 g/mol. The van der Waals surface area contributed by atoms with Crippen LogP contribution in [0.1, 0.15) is 20.7 Å². The number of nitrogens with one attached hydrogen (secondary N) is 2. The fourth-order valence-corrected chi connectivity index (χ4v) is 3.21. The molecule has 1 aliphatic heterocycles. The number of hydrogen-bond acceptors (Lipinski definition) is 5. The Hall–Kier alpha value is -3.80. The van der Waals surface area contributed by atoms with E-state index in [2.05, 4.69) is 10.6 Å². The van der Waals surface area contributed by atoms with Gasteiger partial charge in [-0.2, -0.15) is 0 Å². The number of benzene rings is 3. The first kappa shape index (κ1) is 17.6. The molecule has 2 N–H and O–H groups in total. The van der Waals surface area contributed by atoms with Gasteiger partial charge < -0.3 is 20.1 Å². The number of ether oxygens (including phenoxy) is 2. The minimum absolute atomic E-state index is 0.169. The van der Waals surface area contributed by atoms with Gasteiger partial charge in [-0.15, -0.1) is 0 Å². The number of carbonyl (C=O) groups excluding carboxylic acids is 2. The van der Waals surface area contributed by atoms with Crippen molar-refractivity contribution in [3.05, 3.63) is 71.8 Å². The third-order valence-corrected chi connectivity index (χ3v) is 4.65. The average Bonchev–Trinajstić information content (AvgIpc) is 2.87. The zero-order valence-corrected chi connectivity index (χ0v) is 15.4. The van der Waals surface area contributed by atoms with Crippen molar-refractivity contribution in [3.8, 4) is 16.9 Å². The summed E-state index contributed by atoms with van der Waals surface area (Å²) in [5.41, 5.74) is 4.91. The first-order valence-corrected chi connectivity index (χ1v) is 8.69. The molecular formula is C22H18N2O4. The Balaban J connectivity index is 1.77. The fourth-order valence-electron chi connectivity index (χ4n) is 3.21. The van der Waals surface area contributed by atoms with Crippen molar-refractivity contribution >= 4 is 28.9 Å². The molecule has 0 unspecified atom stereocenters. The van der Waals surface area contributed by atoms with E-state index in [1.165, 1.54) is 14.2 Å². The zero-order chi connectivity index (χ0) is 19.7. The summed E-state index contributed by atoms with van der Waals surface area (Å²) in [7, 11) is 2.84. The van der Waals surface area contributed by atoms with E-state index in [0.717, 1.165) is 22.5 Å². The highest BCUT2D eigenvalue weighted by Gasteiger charge is 2.20. The molecule has 1 amide bonds. The van der Waals surface area contributed by atoms with Crippen molar-refractivity contribution in [2.75, 3.05) is 24.9 Å². The lowest BCUT2D eigenvalue weighted by molar-refractivity contribution is 0.0597. The molecule has 6 nitrogen and oxygen atoms in total. The van der Waals surface area contributed by atoms with Crippen LogP contribution in [-0.2, 0) is 4.74 Å². The van der Waals surface area contributed by atoms with E-state index < -0.39 is 5.97 Å². The normalized spacial score (nSPS) is 12.0. The van der Waals surface area contributed by atoms with Crippen LogP contribution in [0.4, 0.5) is 17.1 Å². The highest BCUT2D eigenvalue weighted by Crippen LogP contribution is 2.35. The van der Waals surface area contributed by atoms with E-state index in [1.54, 1.807) is 18.2 Å². The van der Waals surface area contributed by atoms with Crippen LogP contribution in [0.15, 0.2) is 60.7 Å². The zero-order valence-electron chi connectivity index (χ0n) is 15.4. The Morgan fingerprint density at radius 2 is 1.50 bits per heavy atom. The lowest BCUT2D eigenvalue weighted by Crippen LogP contribution is -2.10. The van der Waals surface area contributed by atoms with Crippen molar-refractivity contribution in [1.29, 1.82) is 0 Å². The summed E-state index contributed by atoms with van der Waals surface area (Å²) in [4.78, 5) is 24.4. The predicted octanol–water partition coefficient (Wildman–Crippen LogP) is 4.46. The predicted molar refractivity (Wildman–Crippen MR) is 107 cm³/mol. The molecule has 0 atom stereocenters. The summed E-state index contributed by atoms with van der Waals surface area (Å²) in [6.45, 7) is 0. The van der Waals surface area contributed by atoms with Gasteiger partial charge in [-0.3, -0.25) is 4.79 Å². The third kappa shape index (κ3) is 3.05. The molecule has 1 aliphatic rings. The third-order valence-electron chi connectivity index (χ3n) is 4.65. The van der Waals surface area contributed by atoms with Gasteiger partial charge in [0, 0.05) is 0 Å². The second kappa shape index (κ2) is 7.08. The molecule has 0 fully saturated rings. The van der Waals surface area contributed by atoms with Crippen LogP contribution in [0.5, 0.6) is 5.75 Å². The summed E-state index contributed by atoms with van der Waals surface area (Å²) in [6.07, 6.45) is 0. The summed E-state index contributed by atoms with van der Waals surface area (Å²) in [5, 5.41) is 6.23. The van der Waals surface area contributed by atoms with Crippen LogP contribution in [0, 0.1) is 0 Å². The number of carbonyl (C=O) groups is 2. The van der Waals surface area contributed by atoms with Gasteiger partial charge in [0.25, 0.3) is 5.91 Å². The molecule has 0 spiro atoms. The van der Waals surface area contributed by atoms with Crippen molar-refractivity contribution in [3.63, 3.8) is 0 Å². The number of amides is 1. The highest BCUT2D eigenvalue weighted by atomic mass is 16.5. The first-order valence-electron chi connectivity index (χ1n) is 8.69. The molecule has 0 saturated carbocycles. The SMILES string of the molecule is COC(=O)c1ccc(-c2ccc3c(c2)Nc2ccccc2NC3=O)cc1OC. The molecule has 28 heavy (non-hydrogen) atoms. The number of rotatable bonds is 3. The van der Waals surface area contributed by atoms with Crippen molar-refractivity contribution in [1.82, 2.24) is 0 Å². The largest absolute Gasteiger partial charge is 0.496 e. The van der Waals surface area contributed by atoms with E-state index in [-0.39, 0.29) is 5.91 Å². The van der Waals surface area contributed by atoms with Gasteiger partial charge in [0.1, 0.15) is 11.3 Å². The molecule has 0 bridgehead atoms. The molecule has 0 aromatic heterocycles. The molecule has 0 saturated heterocycles. The van der Waals surface area contributed by atoms with Crippen LogP contribution in [0.3, 0.4) is 0 Å². The van der Waals surface area contributed by atoms with Crippen LogP contribution in [0.2, 0.25) is 0 Å². The van der Waals surface area contributed by atoms with E-state index in [1.807, 2.05) is 42.5 Å². The van der Waals surface area contributed by atoms with E-state index >= 15 is 0 Å². The van der Waals surface area contributed by atoms with Gasteiger partial charge in [0.15, 0.2) is 0 Å². The van der Waals surface area contributed by atoms with Crippen LogP contribution < -0.4 is 15.4 Å². The van der Waals surface area contributed by atoms with Gasteiger partial charge in [-0.1, -0.05) is 24.3 Å². The summed E-state index contributed by atoms with van der Waals surface area (Å²) in [5.74, 6) is -0.201. The topological polar surface area (TPSA) is 76.7 Å². The maximum atomic E-state index is 12.5. The van der Waals surface area contributed by atoms with E-state index in [9.17, 15) is 9.59 Å². The maximum Gasteiger partial charge on any atom is 0.341 e. The average molecular weight is 374 g/mol. The van der Waals surface area contributed by atoms with Crippen molar-refractivity contribution in [2.45, 2.75) is 0 Å². The van der Waals surface area contributed by atoms with Crippen molar-refractivity contribution < 1.29 is 19.1 Å². The summed E-state index contributed by atoms with van der Waals surface area (Å²) >= 11 is 0. The summed E-state index contributed by atoms with van der Waals surface area (Å²) < 4.78 is 10.1. The van der Waals surface area contributed by atoms with Crippen LogP contribution >= 0.6 is 0 Å². The number of anilines is 3. The molecule has 3 aromatic rings. The number of fused-ring (bicyclic) bond motifs is 2. The van der Waals surface area contributed by atoms with Crippen molar-refractivity contribution in [2.24, 2.45) is 0 Å². The Morgan fingerprint density at radius 3 is 2.21 bits per heavy atom. The Labute approximate surface area is 162 Å². The number of esters is 1. The van der Waals surface area contributed by atoms with E-state index in [0.29, 0.717) is 22.6 Å². The molecule has 3 aromatic carbocycles. The minimum atomic E-state index is -0.458. The molecule has 1 heterocycles. The van der Waals surface area contributed by atoms with Gasteiger partial charge in [0.05, 0.1) is 36.8 Å². The molecule has 4 rings (SSSR count). The first-order chi connectivity index (χ1) is 13.6. The molecule has 140 valence electrons. The minimum Gasteiger partial charge on any atom is -0.496 e. The molecular weight excluding hydrogens is 356 g/mol. The van der Waals surface area contributed by atoms with Gasteiger partial charge in [0.2, 0.25) is 0 Å².